The average molecular weight is 403 g/mol. The number of benzene rings is 1. The van der Waals surface area contributed by atoms with Crippen molar-refractivity contribution in [2.24, 2.45) is 11.5 Å². The third kappa shape index (κ3) is 4.63. The van der Waals surface area contributed by atoms with Crippen LogP contribution in [0.25, 0.3) is 10.4 Å². The Morgan fingerprint density at radius 2 is 1.93 bits per heavy atom. The minimum atomic E-state index is -0.729. The number of likely N-dealkylation sites (N-methyl/N-ethyl adjacent to an activating group) is 1. The first-order chi connectivity index (χ1) is 13.3. The van der Waals surface area contributed by atoms with Crippen molar-refractivity contribution >= 4 is 28.3 Å². The van der Waals surface area contributed by atoms with Crippen molar-refractivity contribution in [3.05, 3.63) is 35.4 Å². The molecule has 7 nitrogen and oxygen atoms in total. The molecule has 1 aliphatic heterocycles. The zero-order chi connectivity index (χ0) is 20.3. The molecular formula is C20H26N4O3S. The Kier molecular flexibility index (Phi) is 6.21. The Labute approximate surface area is 168 Å². The molecule has 8 heteroatoms. The second kappa shape index (κ2) is 8.62. The van der Waals surface area contributed by atoms with E-state index in [1.165, 1.54) is 24.2 Å². The summed E-state index contributed by atoms with van der Waals surface area (Å²) >= 11 is 1.28. The van der Waals surface area contributed by atoms with Crippen LogP contribution in [0.1, 0.15) is 35.2 Å². The number of urea groups is 1. The molecule has 150 valence electrons. The number of carbonyl (C=O) groups excluding carboxylic acids is 2. The van der Waals surface area contributed by atoms with Crippen molar-refractivity contribution in [1.29, 1.82) is 0 Å². The molecule has 0 radical (unpaired) electrons. The number of nitrogens with one attached hydrogen (secondary N) is 1. The Bertz CT molecular complexity index is 863. The molecule has 1 aromatic heterocycles. The van der Waals surface area contributed by atoms with Crippen LogP contribution in [0.3, 0.4) is 0 Å². The monoisotopic (exact) mass is 402 g/mol. The van der Waals surface area contributed by atoms with Gasteiger partial charge in [-0.25, -0.2) is 4.79 Å². The number of hydrogen-bond donors (Lipinski definition) is 3. The smallest absolute Gasteiger partial charge is 0.317 e. The maximum atomic E-state index is 11.8. The van der Waals surface area contributed by atoms with Crippen molar-refractivity contribution in [3.8, 4) is 16.2 Å². The summed E-state index contributed by atoms with van der Waals surface area (Å²) in [6.07, 6.45) is 3.62. The minimum Gasteiger partial charge on any atom is -0.489 e. The number of thiophene rings is 1. The SMILES string of the molecule is Cc1c(-c2ccc(OC3CCCCN(C)C3)cc2)sc(NC(N)=O)c1C(N)=O. The van der Waals surface area contributed by atoms with Crippen molar-refractivity contribution in [1.82, 2.24) is 4.90 Å². The fourth-order valence-electron chi connectivity index (χ4n) is 3.54. The molecule has 2 aromatic rings. The van der Waals surface area contributed by atoms with E-state index < -0.39 is 11.9 Å². The van der Waals surface area contributed by atoms with Crippen LogP contribution < -0.4 is 21.5 Å². The van der Waals surface area contributed by atoms with E-state index in [0.29, 0.717) is 10.6 Å². The van der Waals surface area contributed by atoms with Gasteiger partial charge in [0.15, 0.2) is 0 Å². The first kappa shape index (κ1) is 20.2. The van der Waals surface area contributed by atoms with E-state index >= 15 is 0 Å². The summed E-state index contributed by atoms with van der Waals surface area (Å²) in [7, 11) is 2.12. The van der Waals surface area contributed by atoms with Crippen molar-refractivity contribution < 1.29 is 14.3 Å². The Hall–Kier alpha value is -2.58. The molecule has 28 heavy (non-hydrogen) atoms. The van der Waals surface area contributed by atoms with Gasteiger partial charge in [0.25, 0.3) is 5.91 Å². The largest absolute Gasteiger partial charge is 0.489 e. The first-order valence-corrected chi connectivity index (χ1v) is 10.1. The highest BCUT2D eigenvalue weighted by molar-refractivity contribution is 7.20. The van der Waals surface area contributed by atoms with Gasteiger partial charge in [0.05, 0.1) is 5.56 Å². The number of primary amides is 2. The lowest BCUT2D eigenvalue weighted by Gasteiger charge is -2.21. The van der Waals surface area contributed by atoms with Gasteiger partial charge in [-0.3, -0.25) is 10.1 Å². The van der Waals surface area contributed by atoms with Crippen molar-refractivity contribution in [2.45, 2.75) is 32.3 Å². The maximum Gasteiger partial charge on any atom is 0.317 e. The highest BCUT2D eigenvalue weighted by Gasteiger charge is 2.21. The number of nitrogens with two attached hydrogens (primary N) is 2. The summed E-state index contributed by atoms with van der Waals surface area (Å²) in [5, 5.41) is 2.86. The summed E-state index contributed by atoms with van der Waals surface area (Å²) in [4.78, 5) is 26.2. The Balaban J connectivity index is 1.81. The normalized spacial score (nSPS) is 17.7. The molecule has 0 aliphatic carbocycles. The summed E-state index contributed by atoms with van der Waals surface area (Å²) < 4.78 is 6.16. The number of ether oxygens (including phenoxy) is 1. The number of amides is 3. The van der Waals surface area contributed by atoms with Gasteiger partial charge in [0.1, 0.15) is 16.9 Å². The van der Waals surface area contributed by atoms with Gasteiger partial charge in [-0.1, -0.05) is 0 Å². The predicted molar refractivity (Wildman–Crippen MR) is 112 cm³/mol. The highest BCUT2D eigenvalue weighted by Crippen LogP contribution is 2.40. The average Bonchev–Trinajstić information content (AvgIpc) is 2.80. The number of carbonyl (C=O) groups is 2. The van der Waals surface area contributed by atoms with Crippen LogP contribution in [0, 0.1) is 6.92 Å². The van der Waals surface area contributed by atoms with Gasteiger partial charge < -0.3 is 21.1 Å². The lowest BCUT2D eigenvalue weighted by molar-refractivity contribution is 0.100. The molecule has 3 amide bonds. The van der Waals surface area contributed by atoms with Crippen molar-refractivity contribution in [3.63, 3.8) is 0 Å². The number of hydrogen-bond acceptors (Lipinski definition) is 5. The van der Waals surface area contributed by atoms with Gasteiger partial charge >= 0.3 is 6.03 Å². The van der Waals surface area contributed by atoms with Crippen LogP contribution >= 0.6 is 11.3 Å². The first-order valence-electron chi connectivity index (χ1n) is 9.30. The van der Waals surface area contributed by atoms with Gasteiger partial charge in [0.2, 0.25) is 0 Å². The van der Waals surface area contributed by atoms with E-state index in [2.05, 4.69) is 17.3 Å². The second-order valence-electron chi connectivity index (χ2n) is 7.14. The van der Waals surface area contributed by atoms with E-state index in [9.17, 15) is 9.59 Å². The van der Waals surface area contributed by atoms with E-state index in [-0.39, 0.29) is 6.10 Å². The Morgan fingerprint density at radius 1 is 1.21 bits per heavy atom. The molecule has 0 spiro atoms. The van der Waals surface area contributed by atoms with Crippen LogP contribution in [0.4, 0.5) is 9.80 Å². The summed E-state index contributed by atoms with van der Waals surface area (Å²) in [5.41, 5.74) is 12.6. The lowest BCUT2D eigenvalue weighted by atomic mass is 10.1. The van der Waals surface area contributed by atoms with Gasteiger partial charge in [-0.15, -0.1) is 11.3 Å². The zero-order valence-electron chi connectivity index (χ0n) is 16.2. The third-order valence-corrected chi connectivity index (χ3v) is 6.14. The number of anilines is 1. The van der Waals surface area contributed by atoms with Gasteiger partial charge in [0, 0.05) is 11.4 Å². The van der Waals surface area contributed by atoms with Gasteiger partial charge in [-0.05, 0) is 75.2 Å². The summed E-state index contributed by atoms with van der Waals surface area (Å²) in [6.45, 7) is 3.85. The van der Waals surface area contributed by atoms with Crippen LogP contribution in [-0.2, 0) is 0 Å². The van der Waals surface area contributed by atoms with Gasteiger partial charge in [-0.2, -0.15) is 0 Å². The maximum absolute atomic E-state index is 11.8. The number of likely N-dealkylation sites (tertiary alicyclic amines) is 1. The van der Waals surface area contributed by atoms with Crippen molar-refractivity contribution in [2.75, 3.05) is 25.5 Å². The van der Waals surface area contributed by atoms with E-state index in [0.717, 1.165) is 41.3 Å². The second-order valence-corrected chi connectivity index (χ2v) is 8.16. The molecule has 1 saturated heterocycles. The summed E-state index contributed by atoms with van der Waals surface area (Å²) in [6, 6.07) is 7.04. The van der Waals surface area contributed by atoms with E-state index in [1.54, 1.807) is 0 Å². The number of rotatable bonds is 5. The third-order valence-electron chi connectivity index (χ3n) is 4.88. The minimum absolute atomic E-state index is 0.189. The summed E-state index contributed by atoms with van der Waals surface area (Å²) in [5.74, 6) is 0.227. The molecule has 2 heterocycles. The fraction of sp³-hybridized carbons (Fsp3) is 0.400. The molecular weight excluding hydrogens is 376 g/mol. The fourth-order valence-corrected chi connectivity index (χ4v) is 4.76. The predicted octanol–water partition coefficient (Wildman–Crippen LogP) is 3.18. The van der Waals surface area contributed by atoms with E-state index in [4.69, 9.17) is 16.2 Å². The molecule has 0 saturated carbocycles. The van der Waals surface area contributed by atoms with Crippen LogP contribution in [0.15, 0.2) is 24.3 Å². The van der Waals surface area contributed by atoms with Crippen LogP contribution in [-0.4, -0.2) is 43.1 Å². The molecule has 1 unspecified atom stereocenters. The highest BCUT2D eigenvalue weighted by atomic mass is 32.1. The molecule has 5 N–H and O–H groups in total. The van der Waals surface area contributed by atoms with Crippen LogP contribution in [0.5, 0.6) is 5.75 Å². The van der Waals surface area contributed by atoms with Crippen LogP contribution in [0.2, 0.25) is 0 Å². The zero-order valence-corrected chi connectivity index (χ0v) is 17.0. The molecule has 1 aliphatic rings. The quantitative estimate of drug-likeness (QED) is 0.713. The standard InChI is InChI=1S/C20H26N4O3S/c1-12-16(18(21)25)19(23-20(22)26)28-17(12)13-6-8-14(9-7-13)27-15-5-3-4-10-24(2)11-15/h6-9,15H,3-5,10-11H2,1-2H3,(H2,21,25)(H3,22,23,26). The molecule has 1 fully saturated rings. The molecule has 1 aromatic carbocycles. The molecule has 1 atom stereocenters. The topological polar surface area (TPSA) is 111 Å². The number of nitrogens with zero attached hydrogens (tertiary/aromatic N) is 1. The Morgan fingerprint density at radius 3 is 2.57 bits per heavy atom. The molecule has 3 rings (SSSR count). The lowest BCUT2D eigenvalue weighted by Crippen LogP contribution is -2.31. The van der Waals surface area contributed by atoms with E-state index in [1.807, 2.05) is 31.2 Å². The molecule has 0 bridgehead atoms.